The molecule has 5 nitrogen and oxygen atoms in total. The third-order valence-electron chi connectivity index (χ3n) is 1.28. The Morgan fingerprint density at radius 2 is 1.71 bits per heavy atom. The predicted octanol–water partition coefficient (Wildman–Crippen LogP) is 0.564. The maximum absolute atomic E-state index is 10.7. The first-order valence-electron chi connectivity index (χ1n) is 4.25. The highest BCUT2D eigenvalue weighted by Gasteiger charge is 2.21. The summed E-state index contributed by atoms with van der Waals surface area (Å²) in [5, 5.41) is 0. The zero-order valence-electron chi connectivity index (χ0n) is 8.90. The molecule has 0 amide bonds. The van der Waals surface area contributed by atoms with E-state index >= 15 is 0 Å². The summed E-state index contributed by atoms with van der Waals surface area (Å²) in [6.07, 6.45) is 0.0927. The molecule has 0 rings (SSSR count). The van der Waals surface area contributed by atoms with Gasteiger partial charge in [-0.15, -0.1) is 0 Å². The average molecular weight is 204 g/mol. The molecule has 0 aliphatic carbocycles. The van der Waals surface area contributed by atoms with Crippen molar-refractivity contribution in [3.8, 4) is 0 Å². The quantitative estimate of drug-likeness (QED) is 0.380. The highest BCUT2D eigenvalue weighted by molar-refractivity contribution is 5.91. The van der Waals surface area contributed by atoms with Gasteiger partial charge in [-0.25, -0.2) is 0 Å². The largest absolute Gasteiger partial charge is 0.469 e. The number of hydrogen-bond donors (Lipinski definition) is 0. The molecule has 82 valence electrons. The lowest BCUT2D eigenvalue weighted by Gasteiger charge is -2.05. The molecule has 1 unspecified atom stereocenters. The fourth-order valence-corrected chi connectivity index (χ4v) is 0.601. The van der Waals surface area contributed by atoms with Gasteiger partial charge in [-0.2, -0.15) is 0 Å². The zero-order chi connectivity index (χ0) is 11.6. The third kappa shape index (κ3) is 6.16. The Bertz CT molecular complexity index is 188. The van der Waals surface area contributed by atoms with E-state index in [1.807, 2.05) is 13.8 Å². The van der Waals surface area contributed by atoms with Crippen LogP contribution in [-0.2, 0) is 23.9 Å². The van der Waals surface area contributed by atoms with E-state index in [4.69, 9.17) is 0 Å². The van der Waals surface area contributed by atoms with Crippen molar-refractivity contribution in [2.24, 2.45) is 5.92 Å². The molecule has 0 heterocycles. The van der Waals surface area contributed by atoms with Crippen molar-refractivity contribution in [3.05, 3.63) is 0 Å². The molecule has 0 bridgehead atoms. The molecule has 0 aromatic heterocycles. The maximum atomic E-state index is 10.7. The molecule has 0 radical (unpaired) electrons. The van der Waals surface area contributed by atoms with Crippen LogP contribution in [0, 0.1) is 5.92 Å². The molecule has 1 atom stereocenters. The van der Waals surface area contributed by atoms with Gasteiger partial charge in [0.05, 0.1) is 20.6 Å². The highest BCUT2D eigenvalue weighted by atomic mass is 16.5. The summed E-state index contributed by atoms with van der Waals surface area (Å²) in [5.74, 6) is -2.39. The first-order valence-corrected chi connectivity index (χ1v) is 4.25. The van der Waals surface area contributed by atoms with Crippen LogP contribution in [-0.4, -0.2) is 32.4 Å². The molecule has 0 spiro atoms. The van der Waals surface area contributed by atoms with Crippen LogP contribution in [0.4, 0.5) is 0 Å². The van der Waals surface area contributed by atoms with E-state index in [-0.39, 0.29) is 6.42 Å². The van der Waals surface area contributed by atoms with Gasteiger partial charge in [0, 0.05) is 0 Å². The number of esters is 2. The first kappa shape index (κ1) is 15.1. The van der Waals surface area contributed by atoms with Gasteiger partial charge in [0.25, 0.3) is 0 Å². The Balaban J connectivity index is 0. The van der Waals surface area contributed by atoms with E-state index in [0.29, 0.717) is 6.29 Å². The van der Waals surface area contributed by atoms with Crippen LogP contribution in [0.2, 0.25) is 0 Å². The number of methoxy groups -OCH3 is 2. The van der Waals surface area contributed by atoms with Crippen molar-refractivity contribution in [1.82, 2.24) is 0 Å². The lowest BCUT2D eigenvalue weighted by Crippen LogP contribution is -2.21. The summed E-state index contributed by atoms with van der Waals surface area (Å²) < 4.78 is 8.54. The summed E-state index contributed by atoms with van der Waals surface area (Å²) >= 11 is 0. The molecule has 0 aromatic rings. The van der Waals surface area contributed by atoms with Gasteiger partial charge < -0.3 is 14.3 Å². The number of hydrogen-bond acceptors (Lipinski definition) is 5. The van der Waals surface area contributed by atoms with Crippen molar-refractivity contribution in [2.75, 3.05) is 14.2 Å². The summed E-state index contributed by atoms with van der Waals surface area (Å²) in [6.45, 7) is 4.00. The zero-order valence-corrected chi connectivity index (χ0v) is 8.90. The minimum atomic E-state index is -1.05. The van der Waals surface area contributed by atoms with E-state index in [1.165, 1.54) is 7.11 Å². The van der Waals surface area contributed by atoms with Gasteiger partial charge in [-0.05, 0) is 0 Å². The normalized spacial score (nSPS) is 10.3. The van der Waals surface area contributed by atoms with Crippen LogP contribution in [0.5, 0.6) is 0 Å². The van der Waals surface area contributed by atoms with Gasteiger partial charge in [0.2, 0.25) is 0 Å². The molecule has 0 aromatic carbocycles. The van der Waals surface area contributed by atoms with Crippen LogP contribution < -0.4 is 0 Å². The van der Waals surface area contributed by atoms with Gasteiger partial charge in [0.1, 0.15) is 12.2 Å². The number of rotatable bonds is 4. The van der Waals surface area contributed by atoms with Crippen LogP contribution in [0.25, 0.3) is 0 Å². The maximum Gasteiger partial charge on any atom is 0.316 e. The Morgan fingerprint density at radius 3 is 2.00 bits per heavy atom. The number of aldehydes is 1. The summed E-state index contributed by atoms with van der Waals surface area (Å²) in [6, 6.07) is 0. The molecule has 5 heteroatoms. The third-order valence-corrected chi connectivity index (χ3v) is 1.28. The SMILES string of the molecule is CC.COC(=O)CC(C=O)C(=O)OC. The Hall–Kier alpha value is -1.39. The second-order valence-electron chi connectivity index (χ2n) is 2.05. The molecular weight excluding hydrogens is 188 g/mol. The van der Waals surface area contributed by atoms with E-state index in [0.717, 1.165) is 7.11 Å². The second-order valence-corrected chi connectivity index (χ2v) is 2.05. The van der Waals surface area contributed by atoms with Crippen LogP contribution in [0.1, 0.15) is 20.3 Å². The van der Waals surface area contributed by atoms with Crippen LogP contribution >= 0.6 is 0 Å². The van der Waals surface area contributed by atoms with Crippen molar-refractivity contribution < 1.29 is 23.9 Å². The topological polar surface area (TPSA) is 69.7 Å². The molecule has 14 heavy (non-hydrogen) atoms. The minimum absolute atomic E-state index is 0.271. The number of carbonyl (C=O) groups is 3. The monoisotopic (exact) mass is 204 g/mol. The molecule has 0 saturated carbocycles. The molecule has 0 saturated heterocycles. The van der Waals surface area contributed by atoms with Gasteiger partial charge in [-0.1, -0.05) is 13.8 Å². The standard InChI is InChI=1S/C7H10O5.C2H6/c1-11-6(9)3-5(4-8)7(10)12-2;1-2/h4-5H,3H2,1-2H3;1-2H3. The van der Waals surface area contributed by atoms with E-state index < -0.39 is 17.9 Å². The fraction of sp³-hybridized carbons (Fsp3) is 0.667. The van der Waals surface area contributed by atoms with E-state index in [2.05, 4.69) is 9.47 Å². The Kier molecular flexibility index (Phi) is 10.5. The summed E-state index contributed by atoms with van der Waals surface area (Å²) in [4.78, 5) is 31.6. The van der Waals surface area contributed by atoms with Gasteiger partial charge in [-0.3, -0.25) is 9.59 Å². The molecular formula is C9H16O5. The van der Waals surface area contributed by atoms with E-state index in [9.17, 15) is 14.4 Å². The van der Waals surface area contributed by atoms with Crippen molar-refractivity contribution in [3.63, 3.8) is 0 Å². The van der Waals surface area contributed by atoms with Crippen LogP contribution in [0.15, 0.2) is 0 Å². The number of carbonyl (C=O) groups excluding carboxylic acids is 3. The first-order chi connectivity index (χ1) is 6.65. The van der Waals surface area contributed by atoms with Crippen molar-refractivity contribution in [2.45, 2.75) is 20.3 Å². The lowest BCUT2D eigenvalue weighted by atomic mass is 10.1. The predicted molar refractivity (Wildman–Crippen MR) is 49.6 cm³/mol. The van der Waals surface area contributed by atoms with Gasteiger partial charge >= 0.3 is 11.9 Å². The molecule has 0 N–H and O–H groups in total. The Morgan fingerprint density at radius 1 is 1.21 bits per heavy atom. The second kappa shape index (κ2) is 9.70. The minimum Gasteiger partial charge on any atom is -0.469 e. The highest BCUT2D eigenvalue weighted by Crippen LogP contribution is 2.02. The molecule has 0 aliphatic heterocycles. The van der Waals surface area contributed by atoms with Crippen molar-refractivity contribution in [1.29, 1.82) is 0 Å². The lowest BCUT2D eigenvalue weighted by molar-refractivity contribution is -0.153. The number of ether oxygens (including phenoxy) is 2. The van der Waals surface area contributed by atoms with E-state index in [1.54, 1.807) is 0 Å². The summed E-state index contributed by atoms with van der Waals surface area (Å²) in [5.41, 5.74) is 0. The molecule has 0 aliphatic rings. The Labute approximate surface area is 83.4 Å². The van der Waals surface area contributed by atoms with Crippen LogP contribution in [0.3, 0.4) is 0 Å². The van der Waals surface area contributed by atoms with Gasteiger partial charge in [0.15, 0.2) is 0 Å². The summed E-state index contributed by atoms with van der Waals surface area (Å²) in [7, 11) is 2.33. The van der Waals surface area contributed by atoms with Crippen molar-refractivity contribution >= 4 is 18.2 Å². The smallest absolute Gasteiger partial charge is 0.316 e. The average Bonchev–Trinajstić information content (AvgIpc) is 2.27. The fourth-order valence-electron chi connectivity index (χ4n) is 0.601. The molecule has 0 fully saturated rings.